The zero-order chi connectivity index (χ0) is 20.7. The van der Waals surface area contributed by atoms with Gasteiger partial charge in [-0.1, -0.05) is 12.1 Å². The van der Waals surface area contributed by atoms with E-state index in [1.165, 1.54) is 43.3 Å². The minimum absolute atomic E-state index is 0.0111. The highest BCUT2D eigenvalue weighted by molar-refractivity contribution is 7.92. The lowest BCUT2D eigenvalue weighted by Crippen LogP contribution is -2.33. The van der Waals surface area contributed by atoms with Crippen LogP contribution in [0.4, 0.5) is 5.69 Å². The van der Waals surface area contributed by atoms with Crippen LogP contribution in [0.25, 0.3) is 0 Å². The molecule has 1 N–H and O–H groups in total. The van der Waals surface area contributed by atoms with Crippen LogP contribution in [-0.4, -0.2) is 52.5 Å². The van der Waals surface area contributed by atoms with E-state index in [9.17, 15) is 18.0 Å². The molecule has 2 aromatic rings. The highest BCUT2D eigenvalue weighted by atomic mass is 32.2. The number of carbonyl (C=O) groups excluding carboxylic acids is 2. The summed E-state index contributed by atoms with van der Waals surface area (Å²) >= 11 is 0. The van der Waals surface area contributed by atoms with Crippen molar-refractivity contribution in [2.45, 2.75) is 11.8 Å². The van der Waals surface area contributed by atoms with Crippen molar-refractivity contribution in [1.29, 1.82) is 0 Å². The van der Waals surface area contributed by atoms with Crippen molar-refractivity contribution in [3.8, 4) is 5.75 Å². The van der Waals surface area contributed by atoms with Gasteiger partial charge in [-0.2, -0.15) is 0 Å². The lowest BCUT2D eigenvalue weighted by atomic mass is 10.2. The number of amides is 1. The summed E-state index contributed by atoms with van der Waals surface area (Å²) in [6.07, 6.45) is 0. The van der Waals surface area contributed by atoms with Crippen molar-refractivity contribution in [3.05, 3.63) is 54.1 Å². The Morgan fingerprint density at radius 3 is 2.32 bits per heavy atom. The van der Waals surface area contributed by atoms with E-state index in [0.29, 0.717) is 11.4 Å². The summed E-state index contributed by atoms with van der Waals surface area (Å²) in [4.78, 5) is 25.0. The number of sulfonamides is 1. The Balaban J connectivity index is 2.14. The van der Waals surface area contributed by atoms with Crippen LogP contribution in [-0.2, 0) is 19.6 Å². The van der Waals surface area contributed by atoms with Gasteiger partial charge in [0.2, 0.25) is 0 Å². The van der Waals surface area contributed by atoms with Gasteiger partial charge in [0.1, 0.15) is 12.3 Å². The number of methoxy groups -OCH3 is 1. The lowest BCUT2D eigenvalue weighted by Gasteiger charge is -2.16. The number of nitrogens with one attached hydrogen (secondary N) is 1. The third-order valence-electron chi connectivity index (χ3n) is 3.78. The molecule has 0 atom stereocenters. The molecule has 0 bridgehead atoms. The first-order valence-corrected chi connectivity index (χ1v) is 9.93. The van der Waals surface area contributed by atoms with Crippen LogP contribution in [0.5, 0.6) is 5.75 Å². The Morgan fingerprint density at radius 2 is 1.71 bits per heavy atom. The SMILES string of the molecule is CCOC(=O)CN(C)C(=O)c1ccc(S(=O)(=O)Nc2ccccc2OC)cc1. The van der Waals surface area contributed by atoms with E-state index < -0.39 is 21.9 Å². The van der Waals surface area contributed by atoms with Gasteiger partial charge < -0.3 is 14.4 Å². The van der Waals surface area contributed by atoms with E-state index in [2.05, 4.69) is 4.72 Å². The maximum atomic E-state index is 12.6. The molecule has 0 aliphatic rings. The summed E-state index contributed by atoms with van der Waals surface area (Å²) in [5, 5.41) is 0. The number of anilines is 1. The molecule has 28 heavy (non-hydrogen) atoms. The van der Waals surface area contributed by atoms with Crippen LogP contribution in [0.2, 0.25) is 0 Å². The molecule has 0 unspecified atom stereocenters. The molecule has 0 radical (unpaired) electrons. The van der Waals surface area contributed by atoms with Crippen molar-refractivity contribution in [1.82, 2.24) is 4.90 Å². The Morgan fingerprint density at radius 1 is 1.07 bits per heavy atom. The molecule has 2 aromatic carbocycles. The molecule has 0 aromatic heterocycles. The number of rotatable bonds is 8. The second-order valence-electron chi connectivity index (χ2n) is 5.80. The molecule has 150 valence electrons. The zero-order valence-corrected chi connectivity index (χ0v) is 16.7. The molecule has 0 aliphatic carbocycles. The second-order valence-corrected chi connectivity index (χ2v) is 7.48. The maximum Gasteiger partial charge on any atom is 0.325 e. The number of hydrogen-bond acceptors (Lipinski definition) is 6. The van der Waals surface area contributed by atoms with Crippen LogP contribution in [0.1, 0.15) is 17.3 Å². The van der Waals surface area contributed by atoms with Gasteiger partial charge in [0.15, 0.2) is 0 Å². The highest BCUT2D eigenvalue weighted by Crippen LogP contribution is 2.26. The number of hydrogen-bond donors (Lipinski definition) is 1. The topological polar surface area (TPSA) is 102 Å². The van der Waals surface area contributed by atoms with Crippen molar-refractivity contribution in [2.24, 2.45) is 0 Å². The quantitative estimate of drug-likeness (QED) is 0.674. The molecular formula is C19H22N2O6S. The van der Waals surface area contributed by atoms with Gasteiger partial charge in [-0.25, -0.2) is 8.42 Å². The Labute approximate surface area is 164 Å². The van der Waals surface area contributed by atoms with E-state index in [1.54, 1.807) is 31.2 Å². The summed E-state index contributed by atoms with van der Waals surface area (Å²) in [5.74, 6) is -0.549. The monoisotopic (exact) mass is 406 g/mol. The molecule has 0 aliphatic heterocycles. The smallest absolute Gasteiger partial charge is 0.325 e. The number of para-hydroxylation sites is 2. The molecule has 0 saturated heterocycles. The molecular weight excluding hydrogens is 384 g/mol. The van der Waals surface area contributed by atoms with Crippen LogP contribution < -0.4 is 9.46 Å². The fourth-order valence-electron chi connectivity index (χ4n) is 2.40. The summed E-state index contributed by atoms with van der Waals surface area (Å²) in [7, 11) is -0.954. The summed E-state index contributed by atoms with van der Waals surface area (Å²) in [6, 6.07) is 12.1. The van der Waals surface area contributed by atoms with Gasteiger partial charge in [0, 0.05) is 12.6 Å². The third-order valence-corrected chi connectivity index (χ3v) is 5.16. The maximum absolute atomic E-state index is 12.6. The first-order chi connectivity index (χ1) is 13.3. The molecule has 0 spiro atoms. The average molecular weight is 406 g/mol. The predicted molar refractivity (Wildman–Crippen MR) is 104 cm³/mol. The molecule has 0 fully saturated rings. The third kappa shape index (κ3) is 5.23. The largest absolute Gasteiger partial charge is 0.495 e. The van der Waals surface area contributed by atoms with E-state index in [0.717, 1.165) is 0 Å². The number of ether oxygens (including phenoxy) is 2. The fourth-order valence-corrected chi connectivity index (χ4v) is 3.47. The minimum atomic E-state index is -3.86. The normalized spacial score (nSPS) is 10.8. The van der Waals surface area contributed by atoms with E-state index in [-0.39, 0.29) is 23.6 Å². The number of nitrogens with zero attached hydrogens (tertiary/aromatic N) is 1. The van der Waals surface area contributed by atoms with Crippen LogP contribution in [0.15, 0.2) is 53.4 Å². The van der Waals surface area contributed by atoms with Gasteiger partial charge in [-0.05, 0) is 43.3 Å². The fraction of sp³-hybridized carbons (Fsp3) is 0.263. The standard InChI is InChI=1S/C19H22N2O6S/c1-4-27-18(22)13-21(2)19(23)14-9-11-15(12-10-14)28(24,25)20-16-7-5-6-8-17(16)26-3/h5-12,20H,4,13H2,1-3H3. The Bertz CT molecular complexity index is 941. The zero-order valence-electron chi connectivity index (χ0n) is 15.8. The van der Waals surface area contributed by atoms with E-state index >= 15 is 0 Å². The molecule has 1 amide bonds. The molecule has 2 rings (SSSR count). The lowest BCUT2D eigenvalue weighted by molar-refractivity contribution is -0.143. The average Bonchev–Trinajstić information content (AvgIpc) is 2.67. The minimum Gasteiger partial charge on any atom is -0.495 e. The van der Waals surface area contributed by atoms with Gasteiger partial charge >= 0.3 is 5.97 Å². The highest BCUT2D eigenvalue weighted by Gasteiger charge is 2.19. The predicted octanol–water partition coefficient (Wildman–Crippen LogP) is 2.13. The van der Waals surface area contributed by atoms with Gasteiger partial charge in [-0.3, -0.25) is 14.3 Å². The summed E-state index contributed by atoms with van der Waals surface area (Å²) < 4.78 is 37.6. The van der Waals surface area contributed by atoms with Crippen LogP contribution in [0.3, 0.4) is 0 Å². The van der Waals surface area contributed by atoms with Crippen molar-refractivity contribution >= 4 is 27.6 Å². The van der Waals surface area contributed by atoms with Crippen LogP contribution in [0, 0.1) is 0 Å². The number of esters is 1. The molecule has 0 heterocycles. The Kier molecular flexibility index (Phi) is 7.00. The van der Waals surface area contributed by atoms with Gasteiger partial charge in [0.25, 0.3) is 15.9 Å². The number of carbonyl (C=O) groups is 2. The van der Waals surface area contributed by atoms with Crippen molar-refractivity contribution < 1.29 is 27.5 Å². The summed E-state index contributed by atoms with van der Waals surface area (Å²) in [6.45, 7) is 1.71. The van der Waals surface area contributed by atoms with Crippen LogP contribution >= 0.6 is 0 Å². The van der Waals surface area contributed by atoms with Crippen molar-refractivity contribution in [2.75, 3.05) is 32.0 Å². The Hall–Kier alpha value is -3.07. The van der Waals surface area contributed by atoms with Crippen molar-refractivity contribution in [3.63, 3.8) is 0 Å². The number of likely N-dealkylation sites (N-methyl/N-ethyl adjacent to an activating group) is 1. The summed E-state index contributed by atoms with van der Waals surface area (Å²) in [5.41, 5.74) is 0.558. The van der Waals surface area contributed by atoms with Gasteiger partial charge in [-0.15, -0.1) is 0 Å². The first-order valence-electron chi connectivity index (χ1n) is 8.45. The van der Waals surface area contributed by atoms with Gasteiger partial charge in [0.05, 0.1) is 24.3 Å². The first kappa shape index (κ1) is 21.2. The molecule has 0 saturated carbocycles. The number of benzene rings is 2. The molecule has 8 nitrogen and oxygen atoms in total. The van der Waals surface area contributed by atoms with E-state index in [4.69, 9.17) is 9.47 Å². The van der Waals surface area contributed by atoms with E-state index in [1.807, 2.05) is 0 Å². The molecule has 9 heteroatoms. The second kappa shape index (κ2) is 9.23.